The van der Waals surface area contributed by atoms with Gasteiger partial charge in [-0.1, -0.05) is 17.7 Å². The molecule has 0 unspecified atom stereocenters. The summed E-state index contributed by atoms with van der Waals surface area (Å²) in [4.78, 5) is 10.6. The van der Waals surface area contributed by atoms with Gasteiger partial charge in [-0.2, -0.15) is 0 Å². The Kier molecular flexibility index (Phi) is 5.30. The van der Waals surface area contributed by atoms with Gasteiger partial charge in [0, 0.05) is 12.1 Å². The highest BCUT2D eigenvalue weighted by atomic mass is 19.1. The second-order valence-corrected chi connectivity index (χ2v) is 5.25. The van der Waals surface area contributed by atoms with E-state index in [0.717, 1.165) is 49.8 Å². The maximum Gasteiger partial charge on any atom is 0.328 e. The van der Waals surface area contributed by atoms with Crippen molar-refractivity contribution in [2.75, 3.05) is 6.54 Å². The molecule has 1 aromatic rings. The monoisotopic (exact) mass is 277 g/mol. The standard InChI is InChI=1S/C16H20FNO2/c17-14-5-1-12(2-6-14)9-10-18-15-7-3-13(4-8-15)11-16(19)20/h1-2,5-6,11,15,18H,3-4,7-10H2,(H,19,20). The highest BCUT2D eigenvalue weighted by Crippen LogP contribution is 2.23. The number of allylic oxidation sites excluding steroid dienone is 1. The molecule has 1 saturated carbocycles. The third-order valence-corrected chi connectivity index (χ3v) is 3.72. The molecule has 0 aromatic heterocycles. The first-order valence-electron chi connectivity index (χ1n) is 7.03. The maximum absolute atomic E-state index is 12.8. The van der Waals surface area contributed by atoms with Gasteiger partial charge in [-0.05, 0) is 56.3 Å². The van der Waals surface area contributed by atoms with Crippen molar-refractivity contribution in [3.05, 3.63) is 47.3 Å². The Labute approximate surface area is 118 Å². The lowest BCUT2D eigenvalue weighted by atomic mass is 9.90. The van der Waals surface area contributed by atoms with Crippen LogP contribution in [0.4, 0.5) is 4.39 Å². The number of carboxylic acids is 1. The number of carboxylic acid groups (broad SMARTS) is 1. The van der Waals surface area contributed by atoms with Crippen molar-refractivity contribution in [1.29, 1.82) is 0 Å². The Hall–Kier alpha value is -1.68. The third kappa shape index (κ3) is 4.78. The zero-order chi connectivity index (χ0) is 14.4. The fourth-order valence-corrected chi connectivity index (χ4v) is 2.58. The highest BCUT2D eigenvalue weighted by Gasteiger charge is 2.16. The van der Waals surface area contributed by atoms with Gasteiger partial charge in [0.05, 0.1) is 0 Å². The summed E-state index contributed by atoms with van der Waals surface area (Å²) in [6.45, 7) is 0.869. The van der Waals surface area contributed by atoms with E-state index in [1.807, 2.05) is 12.1 Å². The third-order valence-electron chi connectivity index (χ3n) is 3.72. The number of benzene rings is 1. The molecular formula is C16H20FNO2. The molecule has 20 heavy (non-hydrogen) atoms. The number of nitrogens with one attached hydrogen (secondary N) is 1. The van der Waals surface area contributed by atoms with Crippen LogP contribution in [0.5, 0.6) is 0 Å². The van der Waals surface area contributed by atoms with E-state index in [-0.39, 0.29) is 5.82 Å². The molecule has 2 N–H and O–H groups in total. The van der Waals surface area contributed by atoms with Gasteiger partial charge in [0.25, 0.3) is 0 Å². The Balaban J connectivity index is 1.69. The van der Waals surface area contributed by atoms with Crippen LogP contribution in [0.25, 0.3) is 0 Å². The SMILES string of the molecule is O=C(O)C=C1CCC(NCCc2ccc(F)cc2)CC1. The van der Waals surface area contributed by atoms with Gasteiger partial charge in [-0.3, -0.25) is 0 Å². The number of hydrogen-bond acceptors (Lipinski definition) is 2. The molecule has 0 atom stereocenters. The molecule has 1 fully saturated rings. The maximum atomic E-state index is 12.8. The normalized spacial score (nSPS) is 18.9. The van der Waals surface area contributed by atoms with Crippen molar-refractivity contribution in [1.82, 2.24) is 5.32 Å². The van der Waals surface area contributed by atoms with E-state index in [4.69, 9.17) is 5.11 Å². The molecule has 0 aliphatic heterocycles. The summed E-state index contributed by atoms with van der Waals surface area (Å²) in [7, 11) is 0. The van der Waals surface area contributed by atoms with Crippen molar-refractivity contribution < 1.29 is 14.3 Å². The second-order valence-electron chi connectivity index (χ2n) is 5.25. The van der Waals surface area contributed by atoms with Crippen molar-refractivity contribution in [3.63, 3.8) is 0 Å². The molecule has 1 aromatic carbocycles. The Morgan fingerprint density at radius 1 is 1.30 bits per heavy atom. The van der Waals surface area contributed by atoms with Crippen LogP contribution >= 0.6 is 0 Å². The molecule has 4 heteroatoms. The average molecular weight is 277 g/mol. The van der Waals surface area contributed by atoms with E-state index < -0.39 is 5.97 Å². The number of hydrogen-bond donors (Lipinski definition) is 2. The van der Waals surface area contributed by atoms with Crippen LogP contribution in [0.15, 0.2) is 35.9 Å². The Bertz CT molecular complexity index is 472. The van der Waals surface area contributed by atoms with E-state index >= 15 is 0 Å². The molecule has 1 aliphatic rings. The molecule has 0 bridgehead atoms. The average Bonchev–Trinajstić information content (AvgIpc) is 2.42. The molecule has 0 amide bonds. The Morgan fingerprint density at radius 2 is 1.95 bits per heavy atom. The van der Waals surface area contributed by atoms with E-state index in [0.29, 0.717) is 6.04 Å². The van der Waals surface area contributed by atoms with Crippen LogP contribution < -0.4 is 5.32 Å². The fourth-order valence-electron chi connectivity index (χ4n) is 2.58. The minimum absolute atomic E-state index is 0.202. The summed E-state index contributed by atoms with van der Waals surface area (Å²) < 4.78 is 12.8. The van der Waals surface area contributed by atoms with Gasteiger partial charge in [-0.25, -0.2) is 9.18 Å². The van der Waals surface area contributed by atoms with Crippen molar-refractivity contribution in [3.8, 4) is 0 Å². The smallest absolute Gasteiger partial charge is 0.328 e. The number of rotatable bonds is 5. The van der Waals surface area contributed by atoms with Gasteiger partial charge in [0.1, 0.15) is 5.82 Å². The van der Waals surface area contributed by atoms with E-state index in [1.54, 1.807) is 0 Å². The summed E-state index contributed by atoms with van der Waals surface area (Å²) >= 11 is 0. The van der Waals surface area contributed by atoms with E-state index in [2.05, 4.69) is 5.32 Å². The van der Waals surface area contributed by atoms with Crippen molar-refractivity contribution in [2.45, 2.75) is 38.1 Å². The zero-order valence-electron chi connectivity index (χ0n) is 11.4. The fraction of sp³-hybridized carbons (Fsp3) is 0.438. The van der Waals surface area contributed by atoms with Gasteiger partial charge >= 0.3 is 5.97 Å². The highest BCUT2D eigenvalue weighted by molar-refractivity contribution is 5.80. The molecule has 1 aliphatic carbocycles. The predicted octanol–water partition coefficient (Wildman–Crippen LogP) is 2.91. The van der Waals surface area contributed by atoms with Crippen molar-refractivity contribution >= 4 is 5.97 Å². The summed E-state index contributed by atoms with van der Waals surface area (Å²) in [6.07, 6.45) is 5.93. The van der Waals surface area contributed by atoms with Crippen LogP contribution in [0.2, 0.25) is 0 Å². The van der Waals surface area contributed by atoms with E-state index in [1.165, 1.54) is 18.2 Å². The molecule has 0 heterocycles. The van der Waals surface area contributed by atoms with Gasteiger partial charge in [0.15, 0.2) is 0 Å². The predicted molar refractivity (Wildman–Crippen MR) is 76.1 cm³/mol. The zero-order valence-corrected chi connectivity index (χ0v) is 11.4. The van der Waals surface area contributed by atoms with Crippen molar-refractivity contribution in [2.24, 2.45) is 0 Å². The van der Waals surface area contributed by atoms with E-state index in [9.17, 15) is 9.18 Å². The summed E-state index contributed by atoms with van der Waals surface area (Å²) in [5, 5.41) is 12.2. The van der Waals surface area contributed by atoms with Crippen LogP contribution in [-0.2, 0) is 11.2 Å². The molecule has 0 saturated heterocycles. The van der Waals surface area contributed by atoms with Crippen LogP contribution in [0.1, 0.15) is 31.2 Å². The van der Waals surface area contributed by atoms with Crippen LogP contribution in [0, 0.1) is 5.82 Å². The molecule has 3 nitrogen and oxygen atoms in total. The first kappa shape index (κ1) is 14.7. The largest absolute Gasteiger partial charge is 0.478 e. The molecule has 2 rings (SSSR count). The number of halogens is 1. The van der Waals surface area contributed by atoms with Gasteiger partial charge in [-0.15, -0.1) is 0 Å². The lowest BCUT2D eigenvalue weighted by molar-refractivity contribution is -0.131. The number of carbonyl (C=O) groups is 1. The molecule has 0 spiro atoms. The van der Waals surface area contributed by atoms with Gasteiger partial charge < -0.3 is 10.4 Å². The summed E-state index contributed by atoms with van der Waals surface area (Å²) in [5.41, 5.74) is 2.16. The minimum Gasteiger partial charge on any atom is -0.478 e. The topological polar surface area (TPSA) is 49.3 Å². The lowest BCUT2D eigenvalue weighted by Gasteiger charge is -2.24. The first-order chi connectivity index (χ1) is 9.63. The summed E-state index contributed by atoms with van der Waals surface area (Å²) in [6, 6.07) is 7.05. The lowest BCUT2D eigenvalue weighted by Crippen LogP contribution is -2.33. The van der Waals surface area contributed by atoms with Gasteiger partial charge in [0.2, 0.25) is 0 Å². The Morgan fingerprint density at radius 3 is 2.55 bits per heavy atom. The first-order valence-corrected chi connectivity index (χ1v) is 7.03. The van der Waals surface area contributed by atoms with Crippen LogP contribution in [0.3, 0.4) is 0 Å². The van der Waals surface area contributed by atoms with Crippen LogP contribution in [-0.4, -0.2) is 23.7 Å². The molecule has 0 radical (unpaired) electrons. The second kappa shape index (κ2) is 7.20. The number of aliphatic carboxylic acids is 1. The quantitative estimate of drug-likeness (QED) is 0.814. The molecular weight excluding hydrogens is 257 g/mol. The minimum atomic E-state index is -0.845. The molecule has 108 valence electrons. The summed E-state index contributed by atoms with van der Waals surface area (Å²) in [5.74, 6) is -1.05.